The van der Waals surface area contributed by atoms with Crippen LogP contribution in [0.1, 0.15) is 15.2 Å². The number of carbonyl (C=O) groups excluding carboxylic acids is 1. The molecule has 5 heteroatoms. The third-order valence-corrected chi connectivity index (χ3v) is 5.09. The molecule has 22 heavy (non-hydrogen) atoms. The maximum absolute atomic E-state index is 12.3. The molecule has 0 unspecified atom stereocenters. The molecule has 1 saturated heterocycles. The Morgan fingerprint density at radius 1 is 1.14 bits per heavy atom. The Kier molecular flexibility index (Phi) is 5.13. The summed E-state index contributed by atoms with van der Waals surface area (Å²) >= 11 is 7.53. The number of benzene rings is 1. The second-order valence-corrected chi connectivity index (χ2v) is 6.88. The highest BCUT2D eigenvalue weighted by atomic mass is 35.5. The third kappa shape index (κ3) is 3.88. The Morgan fingerprint density at radius 2 is 1.95 bits per heavy atom. The minimum absolute atomic E-state index is 0.171. The number of hydrogen-bond donors (Lipinski definition) is 0. The fourth-order valence-corrected chi connectivity index (χ4v) is 3.61. The molecule has 0 N–H and O–H groups in total. The second kappa shape index (κ2) is 7.27. The normalized spacial score (nSPS) is 16.0. The topological polar surface area (TPSA) is 23.6 Å². The van der Waals surface area contributed by atoms with Gasteiger partial charge in [0.2, 0.25) is 0 Å². The standard InChI is InChI=1S/C17H19ClN2OS/c18-15-4-1-3-14(13-15)6-7-19-8-10-20(11-9-19)17(21)16-5-2-12-22-16/h1-5,12-13H,6-11H2. The predicted molar refractivity (Wildman–Crippen MR) is 91.8 cm³/mol. The first kappa shape index (κ1) is 15.5. The van der Waals surface area contributed by atoms with Crippen molar-refractivity contribution in [1.29, 1.82) is 0 Å². The highest BCUT2D eigenvalue weighted by Crippen LogP contribution is 2.15. The van der Waals surface area contributed by atoms with E-state index in [-0.39, 0.29) is 5.91 Å². The van der Waals surface area contributed by atoms with Crippen LogP contribution in [0.3, 0.4) is 0 Å². The Labute approximate surface area is 140 Å². The van der Waals surface area contributed by atoms with E-state index in [2.05, 4.69) is 11.0 Å². The van der Waals surface area contributed by atoms with Gasteiger partial charge in [0, 0.05) is 37.7 Å². The van der Waals surface area contributed by atoms with E-state index in [1.54, 1.807) is 0 Å². The minimum Gasteiger partial charge on any atom is -0.335 e. The fraction of sp³-hybridized carbons (Fsp3) is 0.353. The van der Waals surface area contributed by atoms with Crippen molar-refractivity contribution < 1.29 is 4.79 Å². The molecule has 0 saturated carbocycles. The largest absolute Gasteiger partial charge is 0.335 e. The van der Waals surface area contributed by atoms with Gasteiger partial charge in [-0.3, -0.25) is 9.69 Å². The molecular weight excluding hydrogens is 316 g/mol. The number of hydrogen-bond acceptors (Lipinski definition) is 3. The first-order valence-corrected chi connectivity index (χ1v) is 8.78. The van der Waals surface area contributed by atoms with Crippen LogP contribution in [0, 0.1) is 0 Å². The lowest BCUT2D eigenvalue weighted by molar-refractivity contribution is 0.0643. The maximum Gasteiger partial charge on any atom is 0.264 e. The van der Waals surface area contributed by atoms with Gasteiger partial charge in [0.1, 0.15) is 0 Å². The van der Waals surface area contributed by atoms with Crippen LogP contribution in [0.15, 0.2) is 41.8 Å². The van der Waals surface area contributed by atoms with Crippen LogP contribution in [0.4, 0.5) is 0 Å². The SMILES string of the molecule is O=C(c1cccs1)N1CCN(CCc2cccc(Cl)c2)CC1. The summed E-state index contributed by atoms with van der Waals surface area (Å²) in [7, 11) is 0. The molecule has 1 aromatic heterocycles. The van der Waals surface area contributed by atoms with E-state index in [0.29, 0.717) is 0 Å². The highest BCUT2D eigenvalue weighted by Gasteiger charge is 2.22. The van der Waals surface area contributed by atoms with Crippen molar-refractivity contribution in [3.05, 3.63) is 57.2 Å². The van der Waals surface area contributed by atoms with Crippen molar-refractivity contribution in [3.63, 3.8) is 0 Å². The molecule has 116 valence electrons. The Bertz CT molecular complexity index is 621. The number of amides is 1. The van der Waals surface area contributed by atoms with Gasteiger partial charge in [-0.05, 0) is 35.6 Å². The second-order valence-electron chi connectivity index (χ2n) is 5.49. The van der Waals surface area contributed by atoms with Gasteiger partial charge < -0.3 is 4.90 Å². The number of halogens is 1. The maximum atomic E-state index is 12.3. The van der Waals surface area contributed by atoms with Gasteiger partial charge in [0.05, 0.1) is 4.88 Å². The Balaban J connectivity index is 1.47. The molecule has 1 aromatic carbocycles. The molecule has 0 radical (unpaired) electrons. The summed E-state index contributed by atoms with van der Waals surface area (Å²) in [6.07, 6.45) is 0.999. The molecule has 0 spiro atoms. The van der Waals surface area contributed by atoms with Crippen molar-refractivity contribution in [3.8, 4) is 0 Å². The summed E-state index contributed by atoms with van der Waals surface area (Å²) in [4.78, 5) is 17.5. The van der Waals surface area contributed by atoms with Crippen LogP contribution in [0.5, 0.6) is 0 Å². The smallest absolute Gasteiger partial charge is 0.264 e. The predicted octanol–water partition coefficient (Wildman–Crippen LogP) is 3.40. The quantitative estimate of drug-likeness (QED) is 0.855. The van der Waals surface area contributed by atoms with Gasteiger partial charge in [-0.2, -0.15) is 0 Å². The van der Waals surface area contributed by atoms with Crippen molar-refractivity contribution in [2.75, 3.05) is 32.7 Å². The van der Waals surface area contributed by atoms with Crippen LogP contribution in [0.2, 0.25) is 5.02 Å². The molecule has 0 bridgehead atoms. The Hall–Kier alpha value is -1.36. The molecule has 2 heterocycles. The summed E-state index contributed by atoms with van der Waals surface area (Å²) in [6.45, 7) is 4.52. The number of piperazine rings is 1. The molecule has 2 aromatic rings. The average molecular weight is 335 g/mol. The van der Waals surface area contributed by atoms with Gasteiger partial charge in [0.15, 0.2) is 0 Å². The summed E-state index contributed by atoms with van der Waals surface area (Å²) < 4.78 is 0. The lowest BCUT2D eigenvalue weighted by Crippen LogP contribution is -2.48. The van der Waals surface area contributed by atoms with Gasteiger partial charge in [0.25, 0.3) is 5.91 Å². The van der Waals surface area contributed by atoms with Crippen LogP contribution in [-0.2, 0) is 6.42 Å². The zero-order chi connectivity index (χ0) is 15.4. The molecule has 0 aliphatic carbocycles. The van der Waals surface area contributed by atoms with E-state index < -0.39 is 0 Å². The van der Waals surface area contributed by atoms with Crippen LogP contribution in [0.25, 0.3) is 0 Å². The van der Waals surface area contributed by atoms with Crippen molar-refractivity contribution in [1.82, 2.24) is 9.80 Å². The zero-order valence-electron chi connectivity index (χ0n) is 12.4. The van der Waals surface area contributed by atoms with E-state index >= 15 is 0 Å². The molecule has 1 amide bonds. The summed E-state index contributed by atoms with van der Waals surface area (Å²) in [6, 6.07) is 11.9. The number of nitrogens with zero attached hydrogens (tertiary/aromatic N) is 2. The van der Waals surface area contributed by atoms with Crippen LogP contribution < -0.4 is 0 Å². The zero-order valence-corrected chi connectivity index (χ0v) is 13.9. The molecule has 3 rings (SSSR count). The summed E-state index contributed by atoms with van der Waals surface area (Å²) in [5, 5.41) is 2.75. The number of rotatable bonds is 4. The van der Waals surface area contributed by atoms with E-state index in [1.165, 1.54) is 16.9 Å². The van der Waals surface area contributed by atoms with Crippen molar-refractivity contribution in [2.24, 2.45) is 0 Å². The van der Waals surface area contributed by atoms with E-state index in [9.17, 15) is 4.79 Å². The lowest BCUT2D eigenvalue weighted by atomic mass is 10.1. The third-order valence-electron chi connectivity index (χ3n) is 4.00. The van der Waals surface area contributed by atoms with E-state index in [1.807, 2.05) is 40.6 Å². The van der Waals surface area contributed by atoms with Crippen LogP contribution >= 0.6 is 22.9 Å². The summed E-state index contributed by atoms with van der Waals surface area (Å²) in [5.74, 6) is 0.171. The minimum atomic E-state index is 0.171. The van der Waals surface area contributed by atoms with Gasteiger partial charge in [-0.25, -0.2) is 0 Å². The first-order valence-electron chi connectivity index (χ1n) is 7.52. The van der Waals surface area contributed by atoms with Crippen LogP contribution in [-0.4, -0.2) is 48.4 Å². The fourth-order valence-electron chi connectivity index (χ4n) is 2.71. The molecule has 1 aliphatic rings. The molecule has 0 atom stereocenters. The van der Waals surface area contributed by atoms with E-state index in [0.717, 1.165) is 49.0 Å². The van der Waals surface area contributed by atoms with Gasteiger partial charge >= 0.3 is 0 Å². The van der Waals surface area contributed by atoms with E-state index in [4.69, 9.17) is 11.6 Å². The van der Waals surface area contributed by atoms with Gasteiger partial charge in [-0.1, -0.05) is 29.8 Å². The molecule has 3 nitrogen and oxygen atoms in total. The Morgan fingerprint density at radius 3 is 2.64 bits per heavy atom. The van der Waals surface area contributed by atoms with Crippen molar-refractivity contribution in [2.45, 2.75) is 6.42 Å². The number of carbonyl (C=O) groups is 1. The summed E-state index contributed by atoms with van der Waals surface area (Å²) in [5.41, 5.74) is 1.27. The lowest BCUT2D eigenvalue weighted by Gasteiger charge is -2.34. The van der Waals surface area contributed by atoms with Crippen molar-refractivity contribution >= 4 is 28.8 Å². The average Bonchev–Trinajstić information content (AvgIpc) is 3.07. The first-order chi connectivity index (χ1) is 10.7. The van der Waals surface area contributed by atoms with Gasteiger partial charge in [-0.15, -0.1) is 11.3 Å². The highest BCUT2D eigenvalue weighted by molar-refractivity contribution is 7.12. The molecule has 1 fully saturated rings. The molecule has 1 aliphatic heterocycles. The monoisotopic (exact) mass is 334 g/mol. The molecular formula is C17H19ClN2OS. The number of thiophene rings is 1.